The number of nitrogens with zero attached hydrogens (tertiary/aromatic N) is 4. The highest BCUT2D eigenvalue weighted by molar-refractivity contribution is 8.13. The summed E-state index contributed by atoms with van der Waals surface area (Å²) in [6.07, 6.45) is -3.10. The Bertz CT molecular complexity index is 1920. The third-order valence-electron chi connectivity index (χ3n) is 8.42. The number of carbonyl (C=O) groups excluding carboxylic acids is 4. The largest absolute Gasteiger partial charge is 0.481 e. The summed E-state index contributed by atoms with van der Waals surface area (Å²) in [5.74, 6) is -1.42. The second kappa shape index (κ2) is 22.4. The minimum absolute atomic E-state index is 0.0251. The second-order valence-corrected chi connectivity index (χ2v) is 19.2. The molecule has 334 valence electrons. The van der Waals surface area contributed by atoms with Gasteiger partial charge in [-0.25, -0.2) is 28.6 Å². The van der Waals surface area contributed by atoms with Crippen molar-refractivity contribution in [2.75, 3.05) is 37.8 Å². The van der Waals surface area contributed by atoms with Crippen molar-refractivity contribution in [1.82, 2.24) is 30.2 Å². The number of ketones is 1. The lowest BCUT2D eigenvalue weighted by molar-refractivity contribution is -0.137. The predicted octanol–water partition coefficient (Wildman–Crippen LogP) is 0.594. The van der Waals surface area contributed by atoms with Crippen LogP contribution in [0.5, 0.6) is 0 Å². The molecule has 2 aromatic heterocycles. The van der Waals surface area contributed by atoms with Gasteiger partial charge in [-0.3, -0.25) is 37.3 Å². The first kappa shape index (κ1) is 50.6. The molecule has 3 heterocycles. The molecule has 0 aromatic carbocycles. The van der Waals surface area contributed by atoms with E-state index < -0.39 is 84.6 Å². The Kier molecular flexibility index (Phi) is 19.2. The molecule has 2 amide bonds. The number of amides is 2. The lowest BCUT2D eigenvalue weighted by Gasteiger charge is -2.30. The Morgan fingerprint density at radius 3 is 2.37 bits per heavy atom. The first-order valence-corrected chi connectivity index (χ1v) is 23.5. The summed E-state index contributed by atoms with van der Waals surface area (Å²) in [4.78, 5) is 99.6. The molecule has 59 heavy (non-hydrogen) atoms. The number of nitrogen functional groups attached to an aromatic ring is 1. The molecule has 0 spiro atoms. The maximum absolute atomic E-state index is 12.7. The fourth-order valence-corrected chi connectivity index (χ4v) is 8.87. The number of unbranched alkanes of at least 4 members (excludes halogenated alkanes) is 3. The Labute approximate surface area is 341 Å². The van der Waals surface area contributed by atoms with Gasteiger partial charge in [0.15, 0.2) is 22.8 Å². The Morgan fingerprint density at radius 1 is 1.00 bits per heavy atom. The molecule has 3 rings (SSSR count). The molecule has 0 aliphatic carbocycles. The van der Waals surface area contributed by atoms with Crippen LogP contribution in [0.2, 0.25) is 0 Å². The number of carbonyl (C=O) groups is 4. The van der Waals surface area contributed by atoms with Gasteiger partial charge in [0.25, 0.3) is 0 Å². The normalized spacial score (nSPS) is 21.1. The zero-order valence-corrected chi connectivity index (χ0v) is 35.7. The molecular formula is C30H50N7O18P3S. The molecule has 0 radical (unpaired) electrons. The maximum Gasteiger partial charge on any atom is 0.481 e. The van der Waals surface area contributed by atoms with Gasteiger partial charge in [0.1, 0.15) is 42.0 Å². The fourth-order valence-electron chi connectivity index (χ4n) is 5.34. The van der Waals surface area contributed by atoms with E-state index in [9.17, 15) is 62.7 Å². The smallest absolute Gasteiger partial charge is 0.386 e. The number of imidazole rings is 1. The quantitative estimate of drug-likeness (QED) is 0.0354. The van der Waals surface area contributed by atoms with E-state index in [0.29, 0.717) is 6.42 Å². The van der Waals surface area contributed by atoms with E-state index in [-0.39, 0.29) is 59.6 Å². The van der Waals surface area contributed by atoms with Crippen LogP contribution in [0, 0.1) is 5.41 Å². The number of rotatable bonds is 26. The lowest BCUT2D eigenvalue weighted by atomic mass is 9.87. The summed E-state index contributed by atoms with van der Waals surface area (Å²) in [6.45, 7) is 2.38. The number of nitrogens with two attached hydrogens (primary N) is 1. The van der Waals surface area contributed by atoms with Crippen molar-refractivity contribution in [1.29, 1.82) is 0 Å². The number of hydrogen-bond acceptors (Lipinski definition) is 19. The van der Waals surface area contributed by atoms with E-state index in [1.54, 1.807) is 0 Å². The van der Waals surface area contributed by atoms with Crippen LogP contribution in [0.25, 0.3) is 11.2 Å². The molecule has 0 saturated carbocycles. The number of nitrogens with one attached hydrogen (secondary N) is 2. The van der Waals surface area contributed by atoms with Gasteiger partial charge in [-0.15, -0.1) is 0 Å². The number of ether oxygens (including phenoxy) is 1. The number of thioether (sulfide) groups is 1. The number of aromatic nitrogens is 4. The van der Waals surface area contributed by atoms with Crippen molar-refractivity contribution < 1.29 is 85.3 Å². The van der Waals surface area contributed by atoms with Crippen LogP contribution >= 0.6 is 35.2 Å². The molecule has 7 atom stereocenters. The average Bonchev–Trinajstić information content (AvgIpc) is 3.70. The number of fused-ring (bicyclic) bond motifs is 1. The number of Topliss-reactive ketones (excluding diaryl/α,β-unsaturated/α-hetero) is 1. The average molecular weight is 922 g/mol. The molecule has 25 nitrogen and oxygen atoms in total. The second-order valence-electron chi connectivity index (χ2n) is 13.8. The van der Waals surface area contributed by atoms with Crippen molar-refractivity contribution in [2.24, 2.45) is 5.41 Å². The molecule has 29 heteroatoms. The molecule has 1 aliphatic heterocycles. The minimum Gasteiger partial charge on any atom is -0.386 e. The zero-order chi connectivity index (χ0) is 44.2. The van der Waals surface area contributed by atoms with Crippen LogP contribution in [0.15, 0.2) is 12.7 Å². The molecular weight excluding hydrogens is 871 g/mol. The Balaban J connectivity index is 1.44. The van der Waals surface area contributed by atoms with Gasteiger partial charge in [0.2, 0.25) is 11.8 Å². The summed E-state index contributed by atoms with van der Waals surface area (Å²) in [5.41, 5.74) is 4.23. The van der Waals surface area contributed by atoms with Gasteiger partial charge in [0.05, 0.1) is 26.0 Å². The number of phosphoric ester groups is 3. The highest BCUT2D eigenvalue weighted by Gasteiger charge is 2.50. The number of hydrogen-bond donors (Lipinski definition) is 9. The zero-order valence-electron chi connectivity index (χ0n) is 32.2. The van der Waals surface area contributed by atoms with Gasteiger partial charge in [-0.2, -0.15) is 4.31 Å². The summed E-state index contributed by atoms with van der Waals surface area (Å²) in [7, 11) is -16.4. The fraction of sp³-hybridized carbons (Fsp3) is 0.700. The maximum atomic E-state index is 12.7. The molecule has 2 unspecified atom stereocenters. The standard InChI is InChI=1S/C30H50N7O18P3S/c1-4-5-6-7-8-18(38)13-21(40)59-12-11-32-20(39)9-10-33-28(43)25(42)30(2,3)15-52-58(49,50)55-57(47,48)51-14-19-24(54-56(44,45)46)23(41)29(53-19)37-17-36-22-26(31)34-16-35-27(22)37/h16-17,19,23-25,29,41-42H,4-15H2,1-3H3,(H,32,39)(H,33,43)(H,47,48)(H,49,50)(H2,31,34,35)(H2,44,45,46)/t19-,23-,24-,25+,29-/m1/s1. The predicted molar refractivity (Wildman–Crippen MR) is 205 cm³/mol. The topological polar surface area (TPSA) is 381 Å². The van der Waals surface area contributed by atoms with E-state index in [4.69, 9.17) is 19.5 Å². The van der Waals surface area contributed by atoms with Gasteiger partial charge in [0, 0.05) is 37.1 Å². The van der Waals surface area contributed by atoms with Crippen molar-refractivity contribution in [3.63, 3.8) is 0 Å². The van der Waals surface area contributed by atoms with Crippen molar-refractivity contribution in [3.8, 4) is 0 Å². The van der Waals surface area contributed by atoms with Crippen molar-refractivity contribution >= 4 is 74.9 Å². The van der Waals surface area contributed by atoms with Crippen molar-refractivity contribution in [2.45, 2.75) is 96.4 Å². The SMILES string of the molecule is CCCCCCC(=O)CC(=O)SCCNC(=O)CCNC(=O)[C@H](O)C(C)(C)COP(=O)(O)OP(=O)(O)OC[C@H]1O[C@@H](n2cnc3c(N)ncnc32)[C@H](O)[C@@H]1OP(=O)(O)O. The highest BCUT2D eigenvalue weighted by Crippen LogP contribution is 2.61. The third kappa shape index (κ3) is 16.6. The summed E-state index contributed by atoms with van der Waals surface area (Å²) in [5, 5.41) is 26.0. The summed E-state index contributed by atoms with van der Waals surface area (Å²) >= 11 is 0.921. The number of aliphatic hydroxyl groups is 2. The van der Waals surface area contributed by atoms with Crippen LogP contribution in [-0.4, -0.2) is 128 Å². The molecule has 1 aliphatic rings. The van der Waals surface area contributed by atoms with E-state index in [1.807, 2.05) is 0 Å². The molecule has 1 fully saturated rings. The molecule has 0 bridgehead atoms. The van der Waals surface area contributed by atoms with Gasteiger partial charge < -0.3 is 50.9 Å². The Hall–Kier alpha value is -2.77. The van der Waals surface area contributed by atoms with E-state index in [2.05, 4.69) is 41.3 Å². The lowest BCUT2D eigenvalue weighted by Crippen LogP contribution is -2.46. The molecule has 2 aromatic rings. The first-order valence-electron chi connectivity index (χ1n) is 18.0. The van der Waals surface area contributed by atoms with Crippen LogP contribution < -0.4 is 16.4 Å². The van der Waals surface area contributed by atoms with E-state index in [1.165, 1.54) is 13.8 Å². The summed E-state index contributed by atoms with van der Waals surface area (Å²) in [6, 6.07) is 0. The van der Waals surface area contributed by atoms with E-state index in [0.717, 1.165) is 54.7 Å². The summed E-state index contributed by atoms with van der Waals surface area (Å²) < 4.78 is 62.1. The molecule has 1 saturated heterocycles. The van der Waals surface area contributed by atoms with Crippen LogP contribution in [0.4, 0.5) is 5.82 Å². The number of anilines is 1. The van der Waals surface area contributed by atoms with Crippen LogP contribution in [-0.2, 0) is 55.5 Å². The molecule has 10 N–H and O–H groups in total. The Morgan fingerprint density at radius 2 is 1.69 bits per heavy atom. The van der Waals surface area contributed by atoms with E-state index >= 15 is 0 Å². The van der Waals surface area contributed by atoms with Gasteiger partial charge >= 0.3 is 23.5 Å². The third-order valence-corrected chi connectivity index (χ3v) is 12.4. The van der Waals surface area contributed by atoms with Crippen LogP contribution in [0.1, 0.15) is 71.9 Å². The monoisotopic (exact) mass is 921 g/mol. The van der Waals surface area contributed by atoms with Gasteiger partial charge in [-0.05, 0) is 6.42 Å². The van der Waals surface area contributed by atoms with Crippen molar-refractivity contribution in [3.05, 3.63) is 12.7 Å². The number of aliphatic hydroxyl groups excluding tert-OH is 2. The first-order chi connectivity index (χ1) is 27.4. The highest BCUT2D eigenvalue weighted by atomic mass is 32.2. The van der Waals surface area contributed by atoms with Crippen LogP contribution in [0.3, 0.4) is 0 Å². The van der Waals surface area contributed by atoms with Gasteiger partial charge in [-0.1, -0.05) is 51.8 Å². The minimum atomic E-state index is -5.58. The number of phosphoric acid groups is 3.